The lowest BCUT2D eigenvalue weighted by Gasteiger charge is -2.36. The van der Waals surface area contributed by atoms with Gasteiger partial charge in [0.2, 0.25) is 0 Å². The first kappa shape index (κ1) is 13.9. The van der Waals surface area contributed by atoms with Crippen molar-refractivity contribution < 1.29 is 0 Å². The monoisotopic (exact) mass is 305 g/mol. The smallest absolute Gasteiger partial charge is 0.0595 e. The summed E-state index contributed by atoms with van der Waals surface area (Å²) in [5, 5.41) is 4.70. The minimum absolute atomic E-state index is 0.433. The van der Waals surface area contributed by atoms with Crippen LogP contribution in [0.3, 0.4) is 0 Å². The van der Waals surface area contributed by atoms with Crippen LogP contribution in [0.2, 0.25) is 10.0 Å². The Morgan fingerprint density at radius 3 is 2.65 bits per heavy atom. The van der Waals surface area contributed by atoms with E-state index in [1.165, 1.54) is 16.7 Å². The number of hydrogen-bond donors (Lipinski definition) is 1. The van der Waals surface area contributed by atoms with Crippen LogP contribution < -0.4 is 5.32 Å². The lowest BCUT2D eigenvalue weighted by molar-refractivity contribution is 0.422. The molecule has 3 rings (SSSR count). The highest BCUT2D eigenvalue weighted by Crippen LogP contribution is 2.38. The second kappa shape index (κ2) is 5.77. The zero-order chi connectivity index (χ0) is 14.1. The predicted octanol–water partition coefficient (Wildman–Crippen LogP) is 4.46. The summed E-state index contributed by atoms with van der Waals surface area (Å²) in [6.07, 6.45) is 2.12. The fourth-order valence-electron chi connectivity index (χ4n) is 3.02. The number of nitrogens with one attached hydrogen (secondary N) is 1. The van der Waals surface area contributed by atoms with Crippen molar-refractivity contribution in [3.05, 3.63) is 69.2 Å². The highest BCUT2D eigenvalue weighted by molar-refractivity contribution is 6.42. The summed E-state index contributed by atoms with van der Waals surface area (Å²) >= 11 is 12.1. The Hall–Kier alpha value is -1.02. The average Bonchev–Trinajstić information content (AvgIpc) is 2.43. The van der Waals surface area contributed by atoms with Gasteiger partial charge in [0.25, 0.3) is 0 Å². The molecule has 2 aromatic rings. The first-order valence-corrected chi connectivity index (χ1v) is 7.63. The molecule has 3 heteroatoms. The lowest BCUT2D eigenvalue weighted by Crippen LogP contribution is -2.39. The van der Waals surface area contributed by atoms with Crippen LogP contribution in [0.1, 0.15) is 22.6 Å². The molecule has 1 aliphatic carbocycles. The lowest BCUT2D eigenvalue weighted by atomic mass is 9.72. The molecule has 0 radical (unpaired) electrons. The van der Waals surface area contributed by atoms with Crippen molar-refractivity contribution in [1.29, 1.82) is 0 Å². The van der Waals surface area contributed by atoms with Crippen LogP contribution in [0, 0.1) is 0 Å². The predicted molar refractivity (Wildman–Crippen MR) is 85.9 cm³/mol. The average molecular weight is 306 g/mol. The first-order valence-electron chi connectivity index (χ1n) is 6.88. The van der Waals surface area contributed by atoms with Crippen molar-refractivity contribution in [3.8, 4) is 0 Å². The normalized spacial score (nSPS) is 18.2. The fourth-order valence-corrected chi connectivity index (χ4v) is 3.34. The summed E-state index contributed by atoms with van der Waals surface area (Å²) in [6, 6.07) is 15.0. The summed E-state index contributed by atoms with van der Waals surface area (Å²) in [4.78, 5) is 0. The molecule has 1 aliphatic rings. The Bertz CT molecular complexity index is 624. The molecular weight excluding hydrogens is 289 g/mol. The fraction of sp³-hybridized carbons (Fsp3) is 0.294. The molecule has 0 fully saturated rings. The van der Waals surface area contributed by atoms with E-state index in [0.29, 0.717) is 22.0 Å². The molecule has 104 valence electrons. The number of likely N-dealkylation sites (N-methyl/N-ethyl adjacent to an activating group) is 1. The largest absolute Gasteiger partial charge is 0.316 e. The second-order valence-corrected chi connectivity index (χ2v) is 6.17. The maximum Gasteiger partial charge on any atom is 0.0595 e. The van der Waals surface area contributed by atoms with Crippen LogP contribution in [0.25, 0.3) is 0 Å². The third kappa shape index (κ3) is 2.58. The summed E-state index contributed by atoms with van der Waals surface area (Å²) in [7, 11) is 2.03. The first-order chi connectivity index (χ1) is 9.69. The summed E-state index contributed by atoms with van der Waals surface area (Å²) in [6.45, 7) is 0. The molecule has 2 atom stereocenters. The third-order valence-electron chi connectivity index (χ3n) is 4.19. The van der Waals surface area contributed by atoms with E-state index in [0.717, 1.165) is 12.8 Å². The molecule has 0 saturated carbocycles. The number of hydrogen-bond acceptors (Lipinski definition) is 1. The van der Waals surface area contributed by atoms with Gasteiger partial charge in [0.1, 0.15) is 0 Å². The number of rotatable bonds is 4. The van der Waals surface area contributed by atoms with Crippen molar-refractivity contribution in [3.63, 3.8) is 0 Å². The van der Waals surface area contributed by atoms with E-state index in [1.807, 2.05) is 19.2 Å². The van der Waals surface area contributed by atoms with Crippen molar-refractivity contribution in [2.75, 3.05) is 7.05 Å². The van der Waals surface area contributed by atoms with E-state index in [2.05, 4.69) is 35.6 Å². The molecule has 0 saturated heterocycles. The van der Waals surface area contributed by atoms with Gasteiger partial charge in [-0.3, -0.25) is 0 Å². The van der Waals surface area contributed by atoms with Gasteiger partial charge in [-0.15, -0.1) is 0 Å². The maximum atomic E-state index is 6.10. The molecule has 0 amide bonds. The number of fused-ring (bicyclic) bond motifs is 1. The Morgan fingerprint density at radius 1 is 1.15 bits per heavy atom. The Morgan fingerprint density at radius 2 is 1.95 bits per heavy atom. The third-order valence-corrected chi connectivity index (χ3v) is 4.93. The SMILES string of the molecule is CNC(Cc1ccc(Cl)c(Cl)c1)C1Cc2ccccc21. The zero-order valence-electron chi connectivity index (χ0n) is 11.4. The van der Waals surface area contributed by atoms with Gasteiger partial charge in [-0.1, -0.05) is 53.5 Å². The standard InChI is InChI=1S/C17H17Cl2N/c1-20-17(9-11-6-7-15(18)16(19)8-11)14-10-12-4-2-3-5-13(12)14/h2-8,14,17,20H,9-10H2,1H3. The van der Waals surface area contributed by atoms with Gasteiger partial charge in [0, 0.05) is 12.0 Å². The van der Waals surface area contributed by atoms with Crippen LogP contribution in [0.4, 0.5) is 0 Å². The van der Waals surface area contributed by atoms with Gasteiger partial charge in [0.15, 0.2) is 0 Å². The molecule has 2 aromatic carbocycles. The Balaban J connectivity index is 1.77. The van der Waals surface area contributed by atoms with Gasteiger partial charge >= 0.3 is 0 Å². The number of halogens is 2. The molecule has 0 heterocycles. The Kier molecular flexibility index (Phi) is 4.02. The molecular formula is C17H17Cl2N. The van der Waals surface area contributed by atoms with Gasteiger partial charge in [-0.05, 0) is 48.7 Å². The molecule has 20 heavy (non-hydrogen) atoms. The van der Waals surface area contributed by atoms with Crippen molar-refractivity contribution >= 4 is 23.2 Å². The molecule has 0 spiro atoms. The summed E-state index contributed by atoms with van der Waals surface area (Å²) in [5.74, 6) is 0.589. The number of benzene rings is 2. The van der Waals surface area contributed by atoms with E-state index in [4.69, 9.17) is 23.2 Å². The van der Waals surface area contributed by atoms with Crippen LogP contribution >= 0.6 is 23.2 Å². The maximum absolute atomic E-state index is 6.10. The van der Waals surface area contributed by atoms with E-state index >= 15 is 0 Å². The highest BCUT2D eigenvalue weighted by atomic mass is 35.5. The molecule has 0 aromatic heterocycles. The topological polar surface area (TPSA) is 12.0 Å². The van der Waals surface area contributed by atoms with Crippen molar-refractivity contribution in [2.45, 2.75) is 24.8 Å². The molecule has 1 N–H and O–H groups in total. The Labute approximate surface area is 129 Å². The minimum atomic E-state index is 0.433. The zero-order valence-corrected chi connectivity index (χ0v) is 12.9. The minimum Gasteiger partial charge on any atom is -0.316 e. The molecule has 2 unspecified atom stereocenters. The van der Waals surface area contributed by atoms with E-state index in [1.54, 1.807) is 0 Å². The summed E-state index contributed by atoms with van der Waals surface area (Å²) in [5.41, 5.74) is 4.18. The van der Waals surface area contributed by atoms with E-state index in [9.17, 15) is 0 Å². The van der Waals surface area contributed by atoms with Crippen LogP contribution in [0.5, 0.6) is 0 Å². The van der Waals surface area contributed by atoms with Crippen LogP contribution in [-0.4, -0.2) is 13.1 Å². The van der Waals surface area contributed by atoms with Gasteiger partial charge in [-0.2, -0.15) is 0 Å². The van der Waals surface area contributed by atoms with E-state index in [-0.39, 0.29) is 0 Å². The highest BCUT2D eigenvalue weighted by Gasteiger charge is 2.31. The van der Waals surface area contributed by atoms with Crippen LogP contribution in [-0.2, 0) is 12.8 Å². The van der Waals surface area contributed by atoms with E-state index < -0.39 is 0 Å². The van der Waals surface area contributed by atoms with Gasteiger partial charge in [0.05, 0.1) is 10.0 Å². The van der Waals surface area contributed by atoms with Gasteiger partial charge in [-0.25, -0.2) is 0 Å². The molecule has 0 aliphatic heterocycles. The molecule has 0 bridgehead atoms. The quantitative estimate of drug-likeness (QED) is 0.879. The summed E-state index contributed by atoms with van der Waals surface area (Å²) < 4.78 is 0. The van der Waals surface area contributed by atoms with Crippen LogP contribution in [0.15, 0.2) is 42.5 Å². The van der Waals surface area contributed by atoms with Gasteiger partial charge < -0.3 is 5.32 Å². The van der Waals surface area contributed by atoms with Crippen molar-refractivity contribution in [2.24, 2.45) is 0 Å². The van der Waals surface area contributed by atoms with Crippen molar-refractivity contribution in [1.82, 2.24) is 5.32 Å². The second-order valence-electron chi connectivity index (χ2n) is 5.36. The molecule has 1 nitrogen and oxygen atoms in total.